The average Bonchev–Trinajstić information content (AvgIpc) is 2.95. The predicted octanol–water partition coefficient (Wildman–Crippen LogP) is 3.39. The number of nitrogens with zero attached hydrogens (tertiary/aromatic N) is 3. The van der Waals surface area contributed by atoms with Gasteiger partial charge >= 0.3 is 6.09 Å². The lowest BCUT2D eigenvalue weighted by atomic mass is 10.1. The van der Waals surface area contributed by atoms with E-state index in [-0.39, 0.29) is 5.69 Å². The fraction of sp³-hybridized carbons (Fsp3) is 0.357. The predicted molar refractivity (Wildman–Crippen MR) is 85.7 cm³/mol. The number of non-ortho nitro benzene ring substituents is 1. The van der Waals surface area contributed by atoms with Crippen LogP contribution in [0.15, 0.2) is 24.3 Å². The molecule has 0 radical (unpaired) electrons. The Bertz CT molecular complexity index is 672. The van der Waals surface area contributed by atoms with Crippen molar-refractivity contribution in [3.63, 3.8) is 0 Å². The quantitative estimate of drug-likeness (QED) is 0.472. The molecule has 0 aliphatic heterocycles. The first-order valence-electron chi connectivity index (χ1n) is 7.08. The molecule has 9 heteroatoms. The zero-order chi connectivity index (χ0) is 16.7. The van der Waals surface area contributed by atoms with Crippen LogP contribution in [0.5, 0.6) is 0 Å². The molecule has 2 aromatic rings. The van der Waals surface area contributed by atoms with E-state index in [4.69, 9.17) is 4.74 Å². The summed E-state index contributed by atoms with van der Waals surface area (Å²) >= 11 is 1.24. The molecule has 0 saturated carbocycles. The monoisotopic (exact) mass is 336 g/mol. The number of aromatic nitrogens is 2. The SMILES string of the molecule is CCCCOC(=O)Nc1nnc(Cc2ccc([N+](=O)[O-])cc2)s1. The van der Waals surface area contributed by atoms with Crippen LogP contribution in [0.2, 0.25) is 0 Å². The lowest BCUT2D eigenvalue weighted by molar-refractivity contribution is -0.384. The van der Waals surface area contributed by atoms with Crippen LogP contribution in [-0.2, 0) is 11.2 Å². The summed E-state index contributed by atoms with van der Waals surface area (Å²) < 4.78 is 4.97. The minimum atomic E-state index is -0.545. The lowest BCUT2D eigenvalue weighted by Crippen LogP contribution is -2.14. The molecule has 0 spiro atoms. The van der Waals surface area contributed by atoms with Crippen molar-refractivity contribution in [2.75, 3.05) is 11.9 Å². The Morgan fingerprint density at radius 1 is 1.35 bits per heavy atom. The Morgan fingerprint density at radius 3 is 2.74 bits per heavy atom. The minimum Gasteiger partial charge on any atom is -0.449 e. The number of nitrogens with one attached hydrogen (secondary N) is 1. The second-order valence-corrected chi connectivity index (χ2v) is 5.78. The van der Waals surface area contributed by atoms with Crippen LogP contribution >= 0.6 is 11.3 Å². The highest BCUT2D eigenvalue weighted by molar-refractivity contribution is 7.15. The summed E-state index contributed by atoms with van der Waals surface area (Å²) in [6.45, 7) is 2.38. The third-order valence-electron chi connectivity index (χ3n) is 2.91. The summed E-state index contributed by atoms with van der Waals surface area (Å²) in [5, 5.41) is 22.0. The van der Waals surface area contributed by atoms with Crippen molar-refractivity contribution in [3.8, 4) is 0 Å². The number of benzene rings is 1. The second kappa shape index (κ2) is 8.18. The summed E-state index contributed by atoms with van der Waals surface area (Å²) in [5.74, 6) is 0. The molecule has 0 bridgehead atoms. The van der Waals surface area contributed by atoms with Gasteiger partial charge < -0.3 is 4.74 Å². The van der Waals surface area contributed by atoms with E-state index in [0.29, 0.717) is 23.2 Å². The molecule has 0 atom stereocenters. The first kappa shape index (κ1) is 16.8. The Balaban J connectivity index is 1.89. The van der Waals surface area contributed by atoms with Crippen LogP contribution in [0.25, 0.3) is 0 Å². The van der Waals surface area contributed by atoms with E-state index in [1.807, 2.05) is 6.92 Å². The molecule has 0 fully saturated rings. The first-order valence-corrected chi connectivity index (χ1v) is 7.89. The number of rotatable bonds is 7. The fourth-order valence-electron chi connectivity index (χ4n) is 1.72. The van der Waals surface area contributed by atoms with Gasteiger partial charge in [-0.25, -0.2) is 4.79 Å². The van der Waals surface area contributed by atoms with Gasteiger partial charge in [0, 0.05) is 18.6 Å². The molecule has 0 saturated heterocycles. The van der Waals surface area contributed by atoms with Crippen LogP contribution in [0.4, 0.5) is 15.6 Å². The zero-order valence-electron chi connectivity index (χ0n) is 12.5. The highest BCUT2D eigenvalue weighted by atomic mass is 32.1. The number of hydrogen-bond donors (Lipinski definition) is 1. The summed E-state index contributed by atoms with van der Waals surface area (Å²) in [5.41, 5.74) is 0.923. The van der Waals surface area contributed by atoms with Gasteiger partial charge in [0.25, 0.3) is 5.69 Å². The molecule has 2 rings (SSSR count). The summed E-state index contributed by atoms with van der Waals surface area (Å²) in [4.78, 5) is 21.7. The van der Waals surface area contributed by atoms with Crippen molar-refractivity contribution in [2.24, 2.45) is 0 Å². The van der Waals surface area contributed by atoms with Gasteiger partial charge in [-0.2, -0.15) is 0 Å². The summed E-state index contributed by atoms with van der Waals surface area (Å²) in [7, 11) is 0. The van der Waals surface area contributed by atoms with Crippen LogP contribution in [0.1, 0.15) is 30.3 Å². The Morgan fingerprint density at radius 2 is 2.09 bits per heavy atom. The highest BCUT2D eigenvalue weighted by Gasteiger charge is 2.10. The van der Waals surface area contributed by atoms with Crippen molar-refractivity contribution in [2.45, 2.75) is 26.2 Å². The van der Waals surface area contributed by atoms with Gasteiger partial charge in [0.15, 0.2) is 0 Å². The van der Waals surface area contributed by atoms with Crippen LogP contribution in [0, 0.1) is 10.1 Å². The molecular formula is C14H16N4O4S. The molecule has 1 aromatic carbocycles. The number of hydrogen-bond acceptors (Lipinski definition) is 7. The molecule has 23 heavy (non-hydrogen) atoms. The molecule has 1 aromatic heterocycles. The van der Waals surface area contributed by atoms with Crippen molar-refractivity contribution in [3.05, 3.63) is 45.0 Å². The Labute approximate surface area is 136 Å². The standard InChI is InChI=1S/C14H16N4O4S/c1-2-3-8-22-14(19)15-13-17-16-12(23-13)9-10-4-6-11(7-5-10)18(20)21/h4-7H,2-3,8-9H2,1H3,(H,15,17,19). The number of carbonyl (C=O) groups is 1. The highest BCUT2D eigenvalue weighted by Crippen LogP contribution is 2.20. The van der Waals surface area contributed by atoms with Crippen molar-refractivity contribution >= 4 is 28.2 Å². The molecule has 0 unspecified atom stereocenters. The number of nitro benzene ring substituents is 1. The molecule has 122 valence electrons. The number of nitro groups is 1. The Hall–Kier alpha value is -2.55. The molecule has 0 aliphatic carbocycles. The fourth-order valence-corrected chi connectivity index (χ4v) is 2.48. The van der Waals surface area contributed by atoms with Gasteiger partial charge in [-0.3, -0.25) is 15.4 Å². The smallest absolute Gasteiger partial charge is 0.413 e. The summed E-state index contributed by atoms with van der Waals surface area (Å²) in [6.07, 6.45) is 1.71. The molecule has 0 aliphatic rings. The van der Waals surface area contributed by atoms with E-state index in [9.17, 15) is 14.9 Å². The third-order valence-corrected chi connectivity index (χ3v) is 3.75. The molecule has 1 N–H and O–H groups in total. The molecule has 8 nitrogen and oxygen atoms in total. The minimum absolute atomic E-state index is 0.0446. The topological polar surface area (TPSA) is 107 Å². The molecular weight excluding hydrogens is 320 g/mol. The van der Waals surface area contributed by atoms with E-state index in [1.165, 1.54) is 23.5 Å². The van der Waals surface area contributed by atoms with Gasteiger partial charge in [-0.15, -0.1) is 10.2 Å². The number of ether oxygens (including phenoxy) is 1. The largest absolute Gasteiger partial charge is 0.449 e. The van der Waals surface area contributed by atoms with Crippen LogP contribution in [-0.4, -0.2) is 27.8 Å². The van der Waals surface area contributed by atoms with Gasteiger partial charge in [-0.05, 0) is 12.0 Å². The lowest BCUT2D eigenvalue weighted by Gasteiger charge is -2.02. The van der Waals surface area contributed by atoms with Crippen molar-refractivity contribution in [1.82, 2.24) is 10.2 Å². The second-order valence-electron chi connectivity index (χ2n) is 4.72. The third kappa shape index (κ3) is 5.29. The maximum absolute atomic E-state index is 11.5. The maximum Gasteiger partial charge on any atom is 0.413 e. The van der Waals surface area contributed by atoms with E-state index < -0.39 is 11.0 Å². The van der Waals surface area contributed by atoms with Crippen molar-refractivity contribution < 1.29 is 14.5 Å². The van der Waals surface area contributed by atoms with E-state index in [2.05, 4.69) is 15.5 Å². The molecule has 1 heterocycles. The molecule has 1 amide bonds. The normalized spacial score (nSPS) is 10.3. The Kier molecular flexibility index (Phi) is 5.98. The van der Waals surface area contributed by atoms with Gasteiger partial charge in [0.1, 0.15) is 5.01 Å². The zero-order valence-corrected chi connectivity index (χ0v) is 13.3. The van der Waals surface area contributed by atoms with E-state index in [1.54, 1.807) is 12.1 Å². The van der Waals surface area contributed by atoms with Crippen LogP contribution < -0.4 is 5.32 Å². The van der Waals surface area contributed by atoms with Crippen molar-refractivity contribution in [1.29, 1.82) is 0 Å². The number of unbranched alkanes of at least 4 members (excludes halogenated alkanes) is 1. The number of anilines is 1. The first-order chi connectivity index (χ1) is 11.1. The number of amides is 1. The van der Waals surface area contributed by atoms with Crippen LogP contribution in [0.3, 0.4) is 0 Å². The van der Waals surface area contributed by atoms with Gasteiger partial charge in [-0.1, -0.05) is 36.8 Å². The van der Waals surface area contributed by atoms with E-state index >= 15 is 0 Å². The van der Waals surface area contributed by atoms with Gasteiger partial charge in [0.05, 0.1) is 11.5 Å². The average molecular weight is 336 g/mol. The number of carbonyl (C=O) groups excluding carboxylic acids is 1. The summed E-state index contributed by atoms with van der Waals surface area (Å²) in [6, 6.07) is 6.23. The van der Waals surface area contributed by atoms with E-state index in [0.717, 1.165) is 18.4 Å². The van der Waals surface area contributed by atoms with Gasteiger partial charge in [0.2, 0.25) is 5.13 Å². The maximum atomic E-state index is 11.5.